The number of carbonyl (C=O) groups excluding carboxylic acids is 1. The molecule has 0 amide bonds. The summed E-state index contributed by atoms with van der Waals surface area (Å²) in [5.41, 5.74) is 0. The minimum absolute atomic E-state index is 0.108. The van der Waals surface area contributed by atoms with Crippen LogP contribution in [0.4, 0.5) is 0 Å². The molecule has 0 unspecified atom stereocenters. The zero-order chi connectivity index (χ0) is 14.6. The van der Waals surface area contributed by atoms with Crippen LogP contribution in [0.5, 0.6) is 0 Å². The first-order valence-electron chi connectivity index (χ1n) is 8.17. The minimum atomic E-state index is -1.71. The van der Waals surface area contributed by atoms with Crippen LogP contribution in [0, 0.1) is 0 Å². The highest BCUT2D eigenvalue weighted by Crippen LogP contribution is 2.18. The van der Waals surface area contributed by atoms with Gasteiger partial charge in [-0.1, -0.05) is 71.1 Å². The molecule has 0 N–H and O–H groups in total. The van der Waals surface area contributed by atoms with Crippen LogP contribution in [0.1, 0.15) is 78.1 Å². The van der Waals surface area contributed by atoms with E-state index in [1.807, 2.05) is 0 Å². The zero-order valence-corrected chi connectivity index (χ0v) is 14.6. The van der Waals surface area contributed by atoms with Crippen molar-refractivity contribution in [1.82, 2.24) is 0 Å². The van der Waals surface area contributed by atoms with Gasteiger partial charge in [0.25, 0.3) is 5.97 Å². The van der Waals surface area contributed by atoms with Crippen molar-refractivity contribution in [3.8, 4) is 0 Å². The van der Waals surface area contributed by atoms with Crippen molar-refractivity contribution in [2.75, 3.05) is 0 Å². The Morgan fingerprint density at radius 2 is 1.26 bits per heavy atom. The van der Waals surface area contributed by atoms with Crippen molar-refractivity contribution < 1.29 is 9.22 Å². The lowest BCUT2D eigenvalue weighted by molar-refractivity contribution is -0.132. The summed E-state index contributed by atoms with van der Waals surface area (Å²) in [5, 5.41) is 0. The summed E-state index contributed by atoms with van der Waals surface area (Å²) in [5.74, 6) is -0.108. The van der Waals surface area contributed by atoms with Crippen LogP contribution in [0.15, 0.2) is 0 Å². The summed E-state index contributed by atoms with van der Waals surface area (Å²) < 4.78 is 5.42. The summed E-state index contributed by atoms with van der Waals surface area (Å²) in [6, 6.07) is 1.11. The molecule has 0 saturated carbocycles. The van der Waals surface area contributed by atoms with Gasteiger partial charge in [0.15, 0.2) is 0 Å². The lowest BCUT2D eigenvalue weighted by Crippen LogP contribution is -2.32. The maximum atomic E-state index is 11.0. The normalized spacial score (nSPS) is 11.6. The van der Waals surface area contributed by atoms with E-state index in [2.05, 4.69) is 20.0 Å². The monoisotopic (exact) mass is 286 g/mol. The maximum Gasteiger partial charge on any atom is 0.289 e. The second-order valence-corrected chi connectivity index (χ2v) is 10.5. The highest BCUT2D eigenvalue weighted by Gasteiger charge is 2.24. The summed E-state index contributed by atoms with van der Waals surface area (Å²) in [4.78, 5) is 11.0. The van der Waals surface area contributed by atoms with Crippen molar-refractivity contribution in [2.24, 2.45) is 0 Å². The Labute approximate surface area is 121 Å². The van der Waals surface area contributed by atoms with Gasteiger partial charge in [0.1, 0.15) is 0 Å². The summed E-state index contributed by atoms with van der Waals surface area (Å²) in [6.45, 7) is 8.07. The third-order valence-electron chi connectivity index (χ3n) is 3.55. The first kappa shape index (κ1) is 18.7. The minimum Gasteiger partial charge on any atom is -0.520 e. The van der Waals surface area contributed by atoms with Crippen molar-refractivity contribution >= 4 is 14.3 Å². The van der Waals surface area contributed by atoms with E-state index in [1.165, 1.54) is 71.1 Å². The Kier molecular flexibility index (Phi) is 11.3. The van der Waals surface area contributed by atoms with Crippen molar-refractivity contribution in [3.05, 3.63) is 0 Å². The third-order valence-corrected chi connectivity index (χ3v) is 5.95. The van der Waals surface area contributed by atoms with E-state index in [-0.39, 0.29) is 5.97 Å². The van der Waals surface area contributed by atoms with Gasteiger partial charge < -0.3 is 4.43 Å². The number of unbranched alkanes of at least 4 members (excludes halogenated alkanes) is 9. The van der Waals surface area contributed by atoms with Crippen molar-refractivity contribution in [3.63, 3.8) is 0 Å². The fraction of sp³-hybridized carbons (Fsp3) is 0.938. The molecule has 0 aromatic carbocycles. The molecule has 0 fully saturated rings. The fourth-order valence-corrected chi connectivity index (χ4v) is 4.46. The molecular formula is C16H34O2Si. The molecular weight excluding hydrogens is 252 g/mol. The molecule has 0 heterocycles. The zero-order valence-electron chi connectivity index (χ0n) is 13.6. The Bertz CT molecular complexity index is 227. The molecule has 0 spiro atoms. The van der Waals surface area contributed by atoms with E-state index in [0.717, 1.165) is 6.04 Å². The molecule has 0 radical (unpaired) electrons. The summed E-state index contributed by atoms with van der Waals surface area (Å²) >= 11 is 0. The van der Waals surface area contributed by atoms with Crippen LogP contribution in [0.25, 0.3) is 0 Å². The highest BCUT2D eigenvalue weighted by molar-refractivity contribution is 6.72. The second-order valence-electron chi connectivity index (χ2n) is 6.29. The molecule has 0 aliphatic heterocycles. The van der Waals surface area contributed by atoms with Gasteiger partial charge in [-0.15, -0.1) is 0 Å². The van der Waals surface area contributed by atoms with E-state index in [4.69, 9.17) is 4.43 Å². The topological polar surface area (TPSA) is 26.3 Å². The Hall–Kier alpha value is -0.313. The van der Waals surface area contributed by atoms with Crippen LogP contribution in [0.2, 0.25) is 19.1 Å². The summed E-state index contributed by atoms with van der Waals surface area (Å²) in [6.07, 6.45) is 13.6. The molecule has 0 atom stereocenters. The number of carbonyl (C=O) groups is 1. The van der Waals surface area contributed by atoms with Gasteiger partial charge in [-0.25, -0.2) is 0 Å². The van der Waals surface area contributed by atoms with Crippen LogP contribution in [-0.2, 0) is 9.22 Å². The van der Waals surface area contributed by atoms with Gasteiger partial charge in [-0.05, 0) is 19.1 Å². The van der Waals surface area contributed by atoms with Gasteiger partial charge in [0.2, 0.25) is 8.32 Å². The molecule has 2 nitrogen and oxygen atoms in total. The van der Waals surface area contributed by atoms with Crippen LogP contribution >= 0.6 is 0 Å². The Balaban J connectivity index is 3.28. The molecule has 0 rings (SSSR count). The van der Waals surface area contributed by atoms with E-state index < -0.39 is 8.32 Å². The largest absolute Gasteiger partial charge is 0.520 e. The predicted molar refractivity (Wildman–Crippen MR) is 85.9 cm³/mol. The van der Waals surface area contributed by atoms with E-state index >= 15 is 0 Å². The quantitative estimate of drug-likeness (QED) is 0.341. The third kappa shape index (κ3) is 13.9. The first-order valence-corrected chi connectivity index (χ1v) is 11.3. The summed E-state index contributed by atoms with van der Waals surface area (Å²) in [7, 11) is -1.71. The van der Waals surface area contributed by atoms with Gasteiger partial charge >= 0.3 is 0 Å². The van der Waals surface area contributed by atoms with Crippen molar-refractivity contribution in [1.29, 1.82) is 0 Å². The molecule has 0 bridgehead atoms. The number of hydrogen-bond acceptors (Lipinski definition) is 2. The molecule has 19 heavy (non-hydrogen) atoms. The first-order chi connectivity index (χ1) is 8.98. The lowest BCUT2D eigenvalue weighted by atomic mass is 10.1. The smallest absolute Gasteiger partial charge is 0.289 e. The average Bonchev–Trinajstić information content (AvgIpc) is 2.30. The molecule has 0 aliphatic rings. The number of hydrogen-bond donors (Lipinski definition) is 0. The van der Waals surface area contributed by atoms with Crippen LogP contribution in [-0.4, -0.2) is 14.3 Å². The standard InChI is InChI=1S/C16H34O2Si/c1-5-6-7-8-9-10-11-12-13-14-15-19(3,4)18-16(2)17/h5-15H2,1-4H3. The lowest BCUT2D eigenvalue weighted by Gasteiger charge is -2.21. The van der Waals surface area contributed by atoms with E-state index in [1.54, 1.807) is 0 Å². The average molecular weight is 287 g/mol. The van der Waals surface area contributed by atoms with E-state index in [9.17, 15) is 4.79 Å². The molecule has 0 aliphatic carbocycles. The molecule has 0 saturated heterocycles. The van der Waals surface area contributed by atoms with E-state index in [0.29, 0.717) is 0 Å². The SMILES string of the molecule is CCCCCCCCCCCC[Si](C)(C)OC(C)=O. The van der Waals surface area contributed by atoms with Crippen LogP contribution in [0.3, 0.4) is 0 Å². The molecule has 0 aromatic rings. The fourth-order valence-electron chi connectivity index (χ4n) is 2.48. The molecule has 114 valence electrons. The van der Waals surface area contributed by atoms with Gasteiger partial charge in [-0.2, -0.15) is 0 Å². The highest BCUT2D eigenvalue weighted by atomic mass is 28.4. The maximum absolute atomic E-state index is 11.0. The molecule has 0 aromatic heterocycles. The Morgan fingerprint density at radius 1 is 0.842 bits per heavy atom. The van der Waals surface area contributed by atoms with Gasteiger partial charge in [-0.3, -0.25) is 4.79 Å². The van der Waals surface area contributed by atoms with Crippen LogP contribution < -0.4 is 0 Å². The Morgan fingerprint density at radius 3 is 1.68 bits per heavy atom. The van der Waals surface area contributed by atoms with Gasteiger partial charge in [0.05, 0.1) is 0 Å². The van der Waals surface area contributed by atoms with Gasteiger partial charge in [0, 0.05) is 6.92 Å². The predicted octanol–water partition coefficient (Wildman–Crippen LogP) is 5.68. The second kappa shape index (κ2) is 11.5. The van der Waals surface area contributed by atoms with Crippen molar-refractivity contribution in [2.45, 2.75) is 97.2 Å². The number of rotatable bonds is 12. The molecule has 3 heteroatoms.